The summed E-state index contributed by atoms with van der Waals surface area (Å²) in [5.74, 6) is 0.396. The number of nitrogens with zero attached hydrogens (tertiary/aromatic N) is 3. The summed E-state index contributed by atoms with van der Waals surface area (Å²) in [6.07, 6.45) is 1.51. The third kappa shape index (κ3) is 2.97. The average Bonchev–Trinajstić information content (AvgIpc) is 2.82. The zero-order chi connectivity index (χ0) is 14.7. The Balaban J connectivity index is 2.14. The van der Waals surface area contributed by atoms with Crippen molar-refractivity contribution < 1.29 is 9.53 Å². The summed E-state index contributed by atoms with van der Waals surface area (Å²) in [6.45, 7) is 0. The number of rotatable bonds is 4. The SMILES string of the molecule is COc1ccc(NC(=O)c2sc(N(C)C)nc2N)cn1. The van der Waals surface area contributed by atoms with Crippen LogP contribution in [-0.2, 0) is 0 Å². The number of thiazole rings is 1. The predicted molar refractivity (Wildman–Crippen MR) is 79.6 cm³/mol. The zero-order valence-corrected chi connectivity index (χ0v) is 12.2. The van der Waals surface area contributed by atoms with E-state index in [1.165, 1.54) is 24.6 Å². The van der Waals surface area contributed by atoms with E-state index in [4.69, 9.17) is 10.5 Å². The van der Waals surface area contributed by atoms with Gasteiger partial charge in [-0.05, 0) is 6.07 Å². The van der Waals surface area contributed by atoms with Gasteiger partial charge < -0.3 is 20.7 Å². The molecule has 106 valence electrons. The molecule has 0 bridgehead atoms. The van der Waals surface area contributed by atoms with Crippen LogP contribution < -0.4 is 20.7 Å². The molecule has 0 radical (unpaired) electrons. The largest absolute Gasteiger partial charge is 0.481 e. The number of nitrogens with one attached hydrogen (secondary N) is 1. The lowest BCUT2D eigenvalue weighted by Gasteiger charge is -2.05. The van der Waals surface area contributed by atoms with E-state index >= 15 is 0 Å². The molecule has 2 aromatic rings. The van der Waals surface area contributed by atoms with Crippen molar-refractivity contribution in [3.8, 4) is 5.88 Å². The normalized spacial score (nSPS) is 10.2. The third-order valence-electron chi connectivity index (χ3n) is 2.43. The number of hydrogen-bond donors (Lipinski definition) is 2. The maximum absolute atomic E-state index is 12.1. The second-order valence-electron chi connectivity index (χ2n) is 4.15. The molecule has 2 aromatic heterocycles. The summed E-state index contributed by atoms with van der Waals surface area (Å²) in [5.41, 5.74) is 6.32. The Morgan fingerprint density at radius 1 is 1.45 bits per heavy atom. The number of hydrogen-bond acceptors (Lipinski definition) is 7. The van der Waals surface area contributed by atoms with Gasteiger partial charge >= 0.3 is 0 Å². The number of amides is 1. The number of ether oxygens (including phenoxy) is 1. The molecule has 7 nitrogen and oxygen atoms in total. The molecular formula is C12H15N5O2S. The van der Waals surface area contributed by atoms with E-state index in [1.54, 1.807) is 17.0 Å². The van der Waals surface area contributed by atoms with Crippen LogP contribution in [-0.4, -0.2) is 37.1 Å². The van der Waals surface area contributed by atoms with Gasteiger partial charge in [0.05, 0.1) is 19.0 Å². The average molecular weight is 293 g/mol. The lowest BCUT2D eigenvalue weighted by molar-refractivity contribution is 0.103. The molecule has 1 amide bonds. The highest BCUT2D eigenvalue weighted by Gasteiger charge is 2.17. The van der Waals surface area contributed by atoms with Gasteiger partial charge in [0.25, 0.3) is 5.91 Å². The maximum Gasteiger partial charge on any atom is 0.269 e. The quantitative estimate of drug-likeness (QED) is 0.886. The molecule has 2 heterocycles. The van der Waals surface area contributed by atoms with E-state index in [1.807, 2.05) is 14.1 Å². The fourth-order valence-electron chi connectivity index (χ4n) is 1.44. The minimum Gasteiger partial charge on any atom is -0.481 e. The van der Waals surface area contributed by atoms with Crippen LogP contribution in [0.3, 0.4) is 0 Å². The van der Waals surface area contributed by atoms with Crippen LogP contribution in [0.5, 0.6) is 5.88 Å². The van der Waals surface area contributed by atoms with Crippen molar-refractivity contribution in [2.75, 3.05) is 37.2 Å². The van der Waals surface area contributed by atoms with E-state index < -0.39 is 0 Å². The van der Waals surface area contributed by atoms with Crippen LogP contribution in [0.4, 0.5) is 16.6 Å². The molecule has 0 atom stereocenters. The van der Waals surface area contributed by atoms with E-state index in [2.05, 4.69) is 15.3 Å². The number of aromatic nitrogens is 2. The van der Waals surface area contributed by atoms with Crippen molar-refractivity contribution in [1.29, 1.82) is 0 Å². The second-order valence-corrected chi connectivity index (χ2v) is 5.13. The van der Waals surface area contributed by atoms with Gasteiger partial charge in [-0.2, -0.15) is 0 Å². The standard InChI is InChI=1S/C12H15N5O2S/c1-17(2)12-16-10(13)9(20-12)11(18)15-7-4-5-8(19-3)14-6-7/h4-6H,13H2,1-3H3,(H,15,18). The van der Waals surface area contributed by atoms with E-state index in [0.29, 0.717) is 21.6 Å². The first-order valence-corrected chi connectivity index (χ1v) is 6.58. The number of methoxy groups -OCH3 is 1. The Kier molecular flexibility index (Phi) is 4.04. The number of carbonyl (C=O) groups is 1. The second kappa shape index (κ2) is 5.74. The van der Waals surface area contributed by atoms with Gasteiger partial charge in [-0.3, -0.25) is 4.79 Å². The Bertz CT molecular complexity index is 609. The molecule has 0 unspecified atom stereocenters. The number of anilines is 3. The van der Waals surface area contributed by atoms with Crippen molar-refractivity contribution in [3.05, 3.63) is 23.2 Å². The van der Waals surface area contributed by atoms with Crippen LogP contribution in [0.2, 0.25) is 0 Å². The van der Waals surface area contributed by atoms with Crippen LogP contribution in [0.1, 0.15) is 9.67 Å². The zero-order valence-electron chi connectivity index (χ0n) is 11.4. The topological polar surface area (TPSA) is 93.4 Å². The monoisotopic (exact) mass is 293 g/mol. The summed E-state index contributed by atoms with van der Waals surface area (Å²) in [7, 11) is 5.21. The Morgan fingerprint density at radius 2 is 2.20 bits per heavy atom. The smallest absolute Gasteiger partial charge is 0.269 e. The Hall–Kier alpha value is -2.35. The summed E-state index contributed by atoms with van der Waals surface area (Å²) >= 11 is 1.24. The van der Waals surface area contributed by atoms with Crippen LogP contribution in [0.25, 0.3) is 0 Å². The fourth-order valence-corrected chi connectivity index (χ4v) is 2.24. The van der Waals surface area contributed by atoms with Gasteiger partial charge in [-0.1, -0.05) is 11.3 Å². The molecule has 8 heteroatoms. The van der Waals surface area contributed by atoms with E-state index in [-0.39, 0.29) is 11.7 Å². The highest BCUT2D eigenvalue weighted by Crippen LogP contribution is 2.27. The van der Waals surface area contributed by atoms with Gasteiger partial charge in [0.2, 0.25) is 5.88 Å². The number of carbonyl (C=O) groups excluding carboxylic acids is 1. The number of nitrogens with two attached hydrogens (primary N) is 1. The molecule has 0 saturated carbocycles. The third-order valence-corrected chi connectivity index (χ3v) is 3.67. The van der Waals surface area contributed by atoms with Crippen molar-refractivity contribution in [1.82, 2.24) is 9.97 Å². The lowest BCUT2D eigenvalue weighted by atomic mass is 10.4. The maximum atomic E-state index is 12.1. The van der Waals surface area contributed by atoms with Crippen LogP contribution in [0, 0.1) is 0 Å². The molecule has 20 heavy (non-hydrogen) atoms. The molecule has 2 rings (SSSR count). The highest BCUT2D eigenvalue weighted by molar-refractivity contribution is 7.18. The molecule has 0 spiro atoms. The van der Waals surface area contributed by atoms with Crippen molar-refractivity contribution in [3.63, 3.8) is 0 Å². The molecule has 0 aliphatic carbocycles. The minimum absolute atomic E-state index is 0.220. The first-order valence-electron chi connectivity index (χ1n) is 5.76. The molecule has 0 aliphatic heterocycles. The summed E-state index contributed by atoms with van der Waals surface area (Å²) < 4.78 is 4.95. The van der Waals surface area contributed by atoms with Gasteiger partial charge in [-0.25, -0.2) is 9.97 Å². The van der Waals surface area contributed by atoms with Crippen molar-refractivity contribution in [2.24, 2.45) is 0 Å². The van der Waals surface area contributed by atoms with Crippen molar-refractivity contribution in [2.45, 2.75) is 0 Å². The number of nitrogen functional groups attached to an aromatic ring is 1. The fraction of sp³-hybridized carbons (Fsp3) is 0.250. The first kappa shape index (κ1) is 14.1. The first-order chi connectivity index (χ1) is 9.51. The Morgan fingerprint density at radius 3 is 2.70 bits per heavy atom. The lowest BCUT2D eigenvalue weighted by Crippen LogP contribution is -2.12. The molecular weight excluding hydrogens is 278 g/mol. The van der Waals surface area contributed by atoms with Gasteiger partial charge in [0.1, 0.15) is 10.7 Å². The predicted octanol–water partition coefficient (Wildman–Crippen LogP) is 1.45. The van der Waals surface area contributed by atoms with Gasteiger partial charge in [0, 0.05) is 20.2 Å². The summed E-state index contributed by atoms with van der Waals surface area (Å²) in [4.78, 5) is 22.4. The molecule has 0 saturated heterocycles. The molecule has 3 N–H and O–H groups in total. The minimum atomic E-state index is -0.305. The summed E-state index contributed by atoms with van der Waals surface area (Å²) in [5, 5.41) is 3.40. The molecule has 0 aromatic carbocycles. The molecule has 0 fully saturated rings. The van der Waals surface area contributed by atoms with Gasteiger partial charge in [0.15, 0.2) is 5.13 Å². The van der Waals surface area contributed by atoms with E-state index in [9.17, 15) is 4.79 Å². The van der Waals surface area contributed by atoms with Crippen LogP contribution >= 0.6 is 11.3 Å². The van der Waals surface area contributed by atoms with Crippen LogP contribution in [0.15, 0.2) is 18.3 Å². The number of pyridine rings is 1. The summed E-state index contributed by atoms with van der Waals surface area (Å²) in [6, 6.07) is 3.37. The van der Waals surface area contributed by atoms with Gasteiger partial charge in [-0.15, -0.1) is 0 Å². The van der Waals surface area contributed by atoms with E-state index in [0.717, 1.165) is 0 Å². The molecule has 0 aliphatic rings. The highest BCUT2D eigenvalue weighted by atomic mass is 32.1. The van der Waals surface area contributed by atoms with Crippen molar-refractivity contribution >= 4 is 33.9 Å². The Labute approximate surface area is 120 Å².